The van der Waals surface area contributed by atoms with Crippen LogP contribution in [0.15, 0.2) is 48.9 Å². The van der Waals surface area contributed by atoms with E-state index in [0.29, 0.717) is 23.7 Å². The summed E-state index contributed by atoms with van der Waals surface area (Å²) in [5, 5.41) is 15.1. The largest absolute Gasteiger partial charge is 0.485 e. The van der Waals surface area contributed by atoms with Gasteiger partial charge in [0.2, 0.25) is 5.60 Å². The number of aromatic nitrogens is 3. The number of aliphatic hydroxyl groups is 1. The molecule has 2 aromatic heterocycles. The second-order valence-electron chi connectivity index (χ2n) is 9.72. The van der Waals surface area contributed by atoms with Crippen LogP contribution in [0.5, 0.6) is 5.75 Å². The van der Waals surface area contributed by atoms with Crippen molar-refractivity contribution in [2.45, 2.75) is 37.5 Å². The van der Waals surface area contributed by atoms with Crippen LogP contribution in [-0.2, 0) is 11.4 Å². The van der Waals surface area contributed by atoms with Crippen LogP contribution in [0.25, 0.3) is 11.1 Å². The van der Waals surface area contributed by atoms with Crippen molar-refractivity contribution >= 4 is 11.7 Å². The lowest BCUT2D eigenvalue weighted by Crippen LogP contribution is -2.37. The molecule has 3 aromatic rings. The number of likely N-dealkylation sites (N-methyl/N-ethyl adjacent to an activating group) is 1. The molecule has 2 aliphatic rings. The van der Waals surface area contributed by atoms with Gasteiger partial charge in [0.15, 0.2) is 11.6 Å². The molecule has 1 atom stereocenters. The molecular formula is C28H32N6O3. The summed E-state index contributed by atoms with van der Waals surface area (Å²) in [6.07, 6.45) is 7.65. The van der Waals surface area contributed by atoms with Crippen molar-refractivity contribution < 1.29 is 17.4 Å². The molecule has 1 aromatic carbocycles. The van der Waals surface area contributed by atoms with E-state index in [0.717, 1.165) is 31.5 Å². The van der Waals surface area contributed by atoms with Crippen molar-refractivity contribution in [1.29, 1.82) is 0 Å². The van der Waals surface area contributed by atoms with Gasteiger partial charge in [-0.2, -0.15) is 5.10 Å². The number of nitrogens with two attached hydrogens (primary N) is 1. The molecule has 1 amide bonds. The second-order valence-corrected chi connectivity index (χ2v) is 9.72. The van der Waals surface area contributed by atoms with Gasteiger partial charge in [-0.3, -0.25) is 9.48 Å². The maximum Gasteiger partial charge on any atom is 0.267 e. The Hall–Kier alpha value is -3.87. The molecular weight excluding hydrogens is 468 g/mol. The van der Waals surface area contributed by atoms with E-state index in [-0.39, 0.29) is 23.6 Å². The van der Waals surface area contributed by atoms with Crippen LogP contribution in [0.3, 0.4) is 0 Å². The van der Waals surface area contributed by atoms with Gasteiger partial charge in [-0.25, -0.2) is 4.98 Å². The molecule has 2 saturated heterocycles. The molecule has 2 aliphatic heterocycles. The minimum Gasteiger partial charge on any atom is -0.485 e. The van der Waals surface area contributed by atoms with E-state index in [2.05, 4.69) is 33.9 Å². The first-order valence-electron chi connectivity index (χ1n) is 13.3. The number of hydrogen-bond donors (Lipinski definition) is 2. The summed E-state index contributed by atoms with van der Waals surface area (Å²) in [5.74, 6) is 5.19. The van der Waals surface area contributed by atoms with E-state index < -0.39 is 18.1 Å². The molecule has 5 rings (SSSR count). The van der Waals surface area contributed by atoms with Crippen LogP contribution in [0.4, 0.5) is 5.82 Å². The zero-order valence-electron chi connectivity index (χ0n) is 23.0. The van der Waals surface area contributed by atoms with Gasteiger partial charge in [0.1, 0.15) is 6.56 Å². The number of carbonyl (C=O) groups excluding carboxylic acids is 1. The molecule has 0 spiro atoms. The van der Waals surface area contributed by atoms with Gasteiger partial charge in [-0.15, -0.1) is 0 Å². The fraction of sp³-hybridized carbons (Fsp3) is 0.393. The summed E-state index contributed by atoms with van der Waals surface area (Å²) in [5.41, 5.74) is 6.53. The standard InChI is InChI=1S/C28H32N6O3/c1-32-11-7-24(8-12-32)34-18-23(17-31-34)22-15-25(26(29)30-16-22)37-19-21-5-3-4-20(14-21)6-9-28(36)10-13-33(2)27(28)35/h3-5,14-18,24,36H,7-8,10-13,19H2,1-2H3,(H2,29,30)/i19D2. The zero-order valence-corrected chi connectivity index (χ0v) is 21.0. The minimum atomic E-state index is -2.26. The molecule has 2 fully saturated rings. The zero-order chi connectivity index (χ0) is 27.8. The van der Waals surface area contributed by atoms with Gasteiger partial charge in [0, 0.05) is 49.1 Å². The molecule has 37 heavy (non-hydrogen) atoms. The molecule has 3 N–H and O–H groups in total. The first kappa shape index (κ1) is 22.3. The smallest absolute Gasteiger partial charge is 0.267 e. The number of carbonyl (C=O) groups is 1. The van der Waals surface area contributed by atoms with Crippen LogP contribution < -0.4 is 10.5 Å². The van der Waals surface area contributed by atoms with E-state index in [1.165, 1.54) is 11.0 Å². The van der Waals surface area contributed by atoms with E-state index >= 15 is 0 Å². The lowest BCUT2D eigenvalue weighted by Gasteiger charge is -2.28. The lowest BCUT2D eigenvalue weighted by molar-refractivity contribution is -0.137. The van der Waals surface area contributed by atoms with Gasteiger partial charge in [-0.05, 0) is 56.7 Å². The molecule has 9 heteroatoms. The first-order chi connectivity index (χ1) is 18.5. The summed E-state index contributed by atoms with van der Waals surface area (Å²) < 4.78 is 25.0. The van der Waals surface area contributed by atoms with E-state index in [4.69, 9.17) is 13.2 Å². The average molecular weight is 503 g/mol. The summed E-state index contributed by atoms with van der Waals surface area (Å²) in [6, 6.07) is 8.43. The molecule has 0 radical (unpaired) electrons. The van der Waals surface area contributed by atoms with E-state index in [1.54, 1.807) is 43.7 Å². The number of anilines is 1. The highest BCUT2D eigenvalue weighted by Crippen LogP contribution is 2.29. The number of ether oxygens (including phenoxy) is 1. The predicted octanol–water partition coefficient (Wildman–Crippen LogP) is 2.32. The van der Waals surface area contributed by atoms with Crippen LogP contribution >= 0.6 is 0 Å². The van der Waals surface area contributed by atoms with Gasteiger partial charge in [0.25, 0.3) is 5.91 Å². The van der Waals surface area contributed by atoms with Crippen molar-refractivity contribution in [3.8, 4) is 28.7 Å². The minimum absolute atomic E-state index is 0.0624. The molecule has 0 bridgehead atoms. The first-order valence-corrected chi connectivity index (χ1v) is 12.3. The number of rotatable bonds is 5. The molecule has 9 nitrogen and oxygen atoms in total. The summed E-state index contributed by atoms with van der Waals surface area (Å²) >= 11 is 0. The summed E-state index contributed by atoms with van der Waals surface area (Å²) in [4.78, 5) is 20.2. The Morgan fingerprint density at radius 2 is 2.03 bits per heavy atom. The number of likely N-dealkylation sites (tertiary alicyclic amines) is 2. The van der Waals surface area contributed by atoms with Crippen molar-refractivity contribution in [3.63, 3.8) is 0 Å². The van der Waals surface area contributed by atoms with Gasteiger partial charge in [0.05, 0.1) is 15.0 Å². The third kappa shape index (κ3) is 5.45. The molecule has 1 unspecified atom stereocenters. The van der Waals surface area contributed by atoms with Crippen LogP contribution in [0.2, 0.25) is 0 Å². The second kappa shape index (κ2) is 10.2. The maximum absolute atomic E-state index is 12.2. The van der Waals surface area contributed by atoms with Gasteiger partial charge in [-0.1, -0.05) is 24.0 Å². The Morgan fingerprint density at radius 1 is 1.22 bits per heavy atom. The van der Waals surface area contributed by atoms with Crippen LogP contribution in [0.1, 0.15) is 39.2 Å². The van der Waals surface area contributed by atoms with Gasteiger partial charge >= 0.3 is 0 Å². The fourth-order valence-electron chi connectivity index (χ4n) is 4.56. The number of amides is 1. The third-order valence-electron chi connectivity index (χ3n) is 6.94. The number of nitrogen functional groups attached to an aromatic ring is 1. The number of nitrogens with zero attached hydrogens (tertiary/aromatic N) is 5. The van der Waals surface area contributed by atoms with Crippen molar-refractivity contribution in [3.05, 3.63) is 60.0 Å². The Kier molecular flexibility index (Phi) is 6.18. The highest BCUT2D eigenvalue weighted by atomic mass is 16.5. The number of benzene rings is 1. The number of hydrogen-bond acceptors (Lipinski definition) is 7. The third-order valence-corrected chi connectivity index (χ3v) is 6.94. The Morgan fingerprint density at radius 3 is 2.78 bits per heavy atom. The number of pyridine rings is 1. The number of piperidine rings is 1. The molecule has 4 heterocycles. The highest BCUT2D eigenvalue weighted by Gasteiger charge is 2.42. The monoisotopic (exact) mass is 502 g/mol. The highest BCUT2D eigenvalue weighted by molar-refractivity contribution is 5.90. The molecule has 0 saturated carbocycles. The lowest BCUT2D eigenvalue weighted by atomic mass is 10.0. The normalized spacial score (nSPS) is 21.8. The quantitative estimate of drug-likeness (QED) is 0.515. The SMILES string of the molecule is [2H]C([2H])(Oc1cc(-c2cnn(C3CCN(C)CC3)c2)cnc1N)c1cccc(C#CC2(O)CCN(C)C2=O)c1. The Balaban J connectivity index is 1.34. The Labute approximate surface area is 219 Å². The molecule has 192 valence electrons. The predicted molar refractivity (Wildman–Crippen MR) is 140 cm³/mol. The maximum atomic E-state index is 12.2. The van der Waals surface area contributed by atoms with Crippen molar-refractivity contribution in [1.82, 2.24) is 24.6 Å². The topological polar surface area (TPSA) is 110 Å². The molecule has 0 aliphatic carbocycles. The van der Waals surface area contributed by atoms with Crippen molar-refractivity contribution in [2.24, 2.45) is 0 Å². The van der Waals surface area contributed by atoms with Gasteiger partial charge < -0.3 is 25.4 Å². The summed E-state index contributed by atoms with van der Waals surface area (Å²) in [6.45, 7) is 0.220. The summed E-state index contributed by atoms with van der Waals surface area (Å²) in [7, 11) is 3.74. The van der Waals surface area contributed by atoms with Crippen LogP contribution in [0, 0.1) is 11.8 Å². The average Bonchev–Trinajstić information content (AvgIpc) is 3.51. The van der Waals surface area contributed by atoms with E-state index in [1.807, 2.05) is 10.9 Å². The fourth-order valence-corrected chi connectivity index (χ4v) is 4.56. The van der Waals surface area contributed by atoms with Crippen LogP contribution in [-0.4, -0.2) is 74.9 Å². The van der Waals surface area contributed by atoms with Crippen molar-refractivity contribution in [2.75, 3.05) is 39.5 Å². The Bertz CT molecular complexity index is 1440. The van der Waals surface area contributed by atoms with E-state index in [9.17, 15) is 9.90 Å².